The van der Waals surface area contributed by atoms with Crippen molar-refractivity contribution >= 4 is 28.5 Å². The maximum absolute atomic E-state index is 13.0. The van der Waals surface area contributed by atoms with E-state index < -0.39 is 5.41 Å². The molecule has 1 saturated heterocycles. The molecule has 6 heteroatoms. The summed E-state index contributed by atoms with van der Waals surface area (Å²) in [5.74, 6) is -0.273. The average molecular weight is 381 g/mol. The minimum atomic E-state index is -0.524. The molecule has 1 N–H and O–H groups in total. The maximum Gasteiger partial charge on any atom is 0.254 e. The van der Waals surface area contributed by atoms with E-state index in [1.54, 1.807) is 9.80 Å². The Balaban J connectivity index is 1.58. The Morgan fingerprint density at radius 2 is 1.50 bits per heavy atom. The fraction of sp³-hybridized carbons (Fsp3) is 0.409. The number of hydrogen-bond donors (Lipinski definition) is 1. The van der Waals surface area contributed by atoms with Crippen LogP contribution in [0, 0.1) is 5.41 Å². The highest BCUT2D eigenvalue weighted by molar-refractivity contribution is 6.07. The Labute approximate surface area is 165 Å². The summed E-state index contributed by atoms with van der Waals surface area (Å²) in [6.07, 6.45) is 0. The number of carbonyl (C=O) groups is 3. The van der Waals surface area contributed by atoms with Crippen molar-refractivity contribution < 1.29 is 14.4 Å². The SMILES string of the molecule is CC(C)(C)C(=O)NCC(=O)N1CCN(C(=O)c2cccc3ccccc23)CC1. The van der Waals surface area contributed by atoms with Crippen LogP contribution in [0.2, 0.25) is 0 Å². The number of amides is 3. The summed E-state index contributed by atoms with van der Waals surface area (Å²) < 4.78 is 0. The third-order valence-corrected chi connectivity index (χ3v) is 5.02. The third-order valence-electron chi connectivity index (χ3n) is 5.02. The molecular formula is C22H27N3O3. The van der Waals surface area contributed by atoms with Crippen LogP contribution in [0.4, 0.5) is 0 Å². The molecule has 3 amide bonds. The molecule has 2 aromatic rings. The number of benzene rings is 2. The van der Waals surface area contributed by atoms with Gasteiger partial charge in [0.2, 0.25) is 11.8 Å². The lowest BCUT2D eigenvalue weighted by Gasteiger charge is -2.35. The van der Waals surface area contributed by atoms with Crippen LogP contribution >= 0.6 is 0 Å². The fourth-order valence-electron chi connectivity index (χ4n) is 3.27. The average Bonchev–Trinajstić information content (AvgIpc) is 2.70. The number of hydrogen-bond acceptors (Lipinski definition) is 3. The zero-order chi connectivity index (χ0) is 20.3. The van der Waals surface area contributed by atoms with Crippen molar-refractivity contribution in [3.63, 3.8) is 0 Å². The quantitative estimate of drug-likeness (QED) is 0.887. The van der Waals surface area contributed by atoms with E-state index in [4.69, 9.17) is 0 Å². The van der Waals surface area contributed by atoms with Gasteiger partial charge in [0, 0.05) is 37.2 Å². The highest BCUT2D eigenvalue weighted by Crippen LogP contribution is 2.20. The molecule has 1 fully saturated rings. The molecule has 0 bridgehead atoms. The largest absolute Gasteiger partial charge is 0.347 e. The van der Waals surface area contributed by atoms with Crippen LogP contribution in [0.15, 0.2) is 42.5 Å². The lowest BCUT2D eigenvalue weighted by molar-refractivity contribution is -0.136. The molecule has 28 heavy (non-hydrogen) atoms. The molecule has 0 atom stereocenters. The van der Waals surface area contributed by atoms with Crippen LogP contribution in [0.25, 0.3) is 10.8 Å². The lowest BCUT2D eigenvalue weighted by atomic mass is 9.96. The first-order valence-electron chi connectivity index (χ1n) is 9.60. The van der Waals surface area contributed by atoms with E-state index in [9.17, 15) is 14.4 Å². The molecule has 148 valence electrons. The molecule has 6 nitrogen and oxygen atoms in total. The predicted molar refractivity (Wildman–Crippen MR) is 109 cm³/mol. The minimum absolute atomic E-state index is 0.00657. The molecule has 1 heterocycles. The van der Waals surface area contributed by atoms with E-state index in [2.05, 4.69) is 5.32 Å². The lowest BCUT2D eigenvalue weighted by Crippen LogP contribution is -2.53. The third kappa shape index (κ3) is 4.32. The summed E-state index contributed by atoms with van der Waals surface area (Å²) in [5.41, 5.74) is 0.166. The van der Waals surface area contributed by atoms with Gasteiger partial charge in [-0.15, -0.1) is 0 Å². The second-order valence-corrected chi connectivity index (χ2v) is 8.13. The highest BCUT2D eigenvalue weighted by Gasteiger charge is 2.27. The van der Waals surface area contributed by atoms with E-state index >= 15 is 0 Å². The Morgan fingerprint density at radius 1 is 0.893 bits per heavy atom. The van der Waals surface area contributed by atoms with Gasteiger partial charge in [0.15, 0.2) is 0 Å². The Kier molecular flexibility index (Phi) is 5.68. The number of nitrogens with one attached hydrogen (secondary N) is 1. The number of nitrogens with zero attached hydrogens (tertiary/aromatic N) is 2. The molecule has 3 rings (SSSR count). The van der Waals surface area contributed by atoms with E-state index in [0.29, 0.717) is 31.7 Å². The highest BCUT2D eigenvalue weighted by atomic mass is 16.2. The van der Waals surface area contributed by atoms with Crippen molar-refractivity contribution in [1.29, 1.82) is 0 Å². The fourth-order valence-corrected chi connectivity index (χ4v) is 3.27. The minimum Gasteiger partial charge on any atom is -0.347 e. The van der Waals surface area contributed by atoms with E-state index in [1.165, 1.54) is 0 Å². The Hall–Kier alpha value is -2.89. The first-order chi connectivity index (χ1) is 13.3. The summed E-state index contributed by atoms with van der Waals surface area (Å²) in [4.78, 5) is 40.8. The van der Waals surface area contributed by atoms with Gasteiger partial charge in [0.25, 0.3) is 5.91 Å². The normalized spacial score (nSPS) is 14.8. The standard InChI is InChI=1S/C22H27N3O3/c1-22(2,3)21(28)23-15-19(26)24-11-13-25(14-12-24)20(27)18-10-6-8-16-7-4-5-9-17(16)18/h4-10H,11-15H2,1-3H3,(H,23,28). The zero-order valence-corrected chi connectivity index (χ0v) is 16.7. The van der Waals surface area contributed by atoms with E-state index in [1.807, 2.05) is 63.2 Å². The first-order valence-corrected chi connectivity index (χ1v) is 9.60. The van der Waals surface area contributed by atoms with Gasteiger partial charge in [-0.1, -0.05) is 57.2 Å². The molecule has 0 spiro atoms. The first kappa shape index (κ1) is 19.9. The summed E-state index contributed by atoms with van der Waals surface area (Å²) >= 11 is 0. The number of fused-ring (bicyclic) bond motifs is 1. The topological polar surface area (TPSA) is 69.7 Å². The Morgan fingerprint density at radius 3 is 2.18 bits per heavy atom. The summed E-state index contributed by atoms with van der Waals surface area (Å²) in [7, 11) is 0. The van der Waals surface area contributed by atoms with Crippen molar-refractivity contribution in [3.05, 3.63) is 48.0 Å². The van der Waals surface area contributed by atoms with Gasteiger partial charge in [0.1, 0.15) is 0 Å². The molecule has 0 saturated carbocycles. The van der Waals surface area contributed by atoms with Crippen LogP contribution in [-0.2, 0) is 9.59 Å². The molecule has 2 aromatic carbocycles. The van der Waals surface area contributed by atoms with Gasteiger partial charge in [-0.05, 0) is 16.8 Å². The smallest absolute Gasteiger partial charge is 0.254 e. The van der Waals surface area contributed by atoms with Crippen molar-refractivity contribution in [1.82, 2.24) is 15.1 Å². The van der Waals surface area contributed by atoms with Crippen LogP contribution < -0.4 is 5.32 Å². The zero-order valence-electron chi connectivity index (χ0n) is 16.7. The van der Waals surface area contributed by atoms with Crippen LogP contribution in [0.5, 0.6) is 0 Å². The van der Waals surface area contributed by atoms with Crippen molar-refractivity contribution in [2.24, 2.45) is 5.41 Å². The summed E-state index contributed by atoms with van der Waals surface area (Å²) in [5, 5.41) is 4.67. The molecule has 1 aliphatic heterocycles. The van der Waals surface area contributed by atoms with Crippen molar-refractivity contribution in [3.8, 4) is 0 Å². The van der Waals surface area contributed by atoms with Crippen molar-refractivity contribution in [2.75, 3.05) is 32.7 Å². The maximum atomic E-state index is 13.0. The summed E-state index contributed by atoms with van der Waals surface area (Å²) in [6.45, 7) is 7.34. The van der Waals surface area contributed by atoms with Gasteiger partial charge in [-0.25, -0.2) is 0 Å². The molecule has 0 aromatic heterocycles. The molecule has 0 radical (unpaired) electrons. The molecular weight excluding hydrogens is 354 g/mol. The second kappa shape index (κ2) is 8.00. The van der Waals surface area contributed by atoms with Gasteiger partial charge in [-0.2, -0.15) is 0 Å². The van der Waals surface area contributed by atoms with E-state index in [-0.39, 0.29) is 24.3 Å². The Bertz CT molecular complexity index is 888. The predicted octanol–water partition coefficient (Wildman–Crippen LogP) is 2.29. The molecule has 0 aliphatic carbocycles. The monoisotopic (exact) mass is 381 g/mol. The van der Waals surface area contributed by atoms with Crippen LogP contribution in [0.3, 0.4) is 0 Å². The molecule has 0 unspecified atom stereocenters. The number of carbonyl (C=O) groups excluding carboxylic acids is 3. The van der Waals surface area contributed by atoms with Gasteiger partial charge in [-0.3, -0.25) is 14.4 Å². The van der Waals surface area contributed by atoms with Gasteiger partial charge >= 0.3 is 0 Å². The van der Waals surface area contributed by atoms with Crippen molar-refractivity contribution in [2.45, 2.75) is 20.8 Å². The van der Waals surface area contributed by atoms with Gasteiger partial charge < -0.3 is 15.1 Å². The number of rotatable bonds is 3. The van der Waals surface area contributed by atoms with Crippen LogP contribution in [0.1, 0.15) is 31.1 Å². The van der Waals surface area contributed by atoms with Crippen LogP contribution in [-0.4, -0.2) is 60.2 Å². The summed E-state index contributed by atoms with van der Waals surface area (Å²) in [6, 6.07) is 13.6. The van der Waals surface area contributed by atoms with Gasteiger partial charge in [0.05, 0.1) is 6.54 Å². The molecule has 1 aliphatic rings. The number of piperazine rings is 1. The van der Waals surface area contributed by atoms with E-state index in [0.717, 1.165) is 10.8 Å². The second-order valence-electron chi connectivity index (χ2n) is 8.13.